The number of aromatic nitrogens is 1. The van der Waals surface area contributed by atoms with Gasteiger partial charge in [0.2, 0.25) is 10.0 Å². The average Bonchev–Trinajstić information content (AvgIpc) is 2.89. The number of nitrogens with zero attached hydrogens (tertiary/aromatic N) is 2. The van der Waals surface area contributed by atoms with Crippen molar-refractivity contribution in [3.63, 3.8) is 0 Å². The highest BCUT2D eigenvalue weighted by molar-refractivity contribution is 9.10. The van der Waals surface area contributed by atoms with Crippen LogP contribution in [0.25, 0.3) is 11.1 Å². The zero-order chi connectivity index (χ0) is 28.0. The molecule has 7 nitrogen and oxygen atoms in total. The maximum Gasteiger partial charge on any atom is 0.412 e. The van der Waals surface area contributed by atoms with E-state index in [1.165, 1.54) is 4.31 Å². The summed E-state index contributed by atoms with van der Waals surface area (Å²) in [7, 11) is -3.76. The topological polar surface area (TPSA) is 88.6 Å². The summed E-state index contributed by atoms with van der Waals surface area (Å²) >= 11 is 3.37. The van der Waals surface area contributed by atoms with E-state index >= 15 is 0 Å². The first kappa shape index (κ1) is 28.5. The lowest BCUT2D eigenvalue weighted by atomic mass is 10.0. The van der Waals surface area contributed by atoms with E-state index in [1.807, 2.05) is 75.4 Å². The Labute approximate surface area is 238 Å². The maximum absolute atomic E-state index is 13.6. The van der Waals surface area contributed by atoms with Gasteiger partial charge in [-0.3, -0.25) is 10.3 Å². The molecule has 1 amide bonds. The molecule has 0 unspecified atom stereocenters. The van der Waals surface area contributed by atoms with Crippen LogP contribution in [-0.4, -0.2) is 29.4 Å². The van der Waals surface area contributed by atoms with Gasteiger partial charge in [-0.2, -0.15) is 4.31 Å². The van der Waals surface area contributed by atoms with Crippen LogP contribution in [0.5, 0.6) is 0 Å². The SMILES string of the molecule is CC(C)(C)OC(=O)Nc1ccc(-c2ccc(CN(Cc3cccnc3)S(=O)(=O)c3ccc(Br)cc3)cc2)cc1. The summed E-state index contributed by atoms with van der Waals surface area (Å²) in [6.07, 6.45) is 2.83. The second-order valence-corrected chi connectivity index (χ2v) is 12.8. The highest BCUT2D eigenvalue weighted by Gasteiger charge is 2.25. The summed E-state index contributed by atoms with van der Waals surface area (Å²) in [5.41, 5.74) is 3.65. The molecule has 202 valence electrons. The molecule has 3 aromatic carbocycles. The molecule has 1 N–H and O–H groups in total. The summed E-state index contributed by atoms with van der Waals surface area (Å²) < 4.78 is 34.7. The zero-order valence-corrected chi connectivity index (χ0v) is 24.4. The van der Waals surface area contributed by atoms with Gasteiger partial charge in [-0.15, -0.1) is 0 Å². The number of hydrogen-bond donors (Lipinski definition) is 1. The minimum absolute atomic E-state index is 0.195. The number of ether oxygens (including phenoxy) is 1. The van der Waals surface area contributed by atoms with Crippen molar-refractivity contribution in [2.24, 2.45) is 0 Å². The molecule has 0 aliphatic rings. The summed E-state index contributed by atoms with van der Waals surface area (Å²) in [6.45, 7) is 5.83. The van der Waals surface area contributed by atoms with Gasteiger partial charge in [0.05, 0.1) is 4.90 Å². The Balaban J connectivity index is 1.51. The van der Waals surface area contributed by atoms with Gasteiger partial charge < -0.3 is 4.74 Å². The molecular weight excluding hydrogens is 578 g/mol. The van der Waals surface area contributed by atoms with Gasteiger partial charge in [-0.1, -0.05) is 58.4 Å². The van der Waals surface area contributed by atoms with Crippen molar-refractivity contribution in [1.29, 1.82) is 0 Å². The van der Waals surface area contributed by atoms with E-state index in [0.717, 1.165) is 26.7 Å². The predicted octanol–water partition coefficient (Wildman–Crippen LogP) is 7.25. The number of pyridine rings is 1. The number of anilines is 1. The molecule has 0 bridgehead atoms. The summed E-state index contributed by atoms with van der Waals surface area (Å²) in [6, 6.07) is 25.5. The number of amides is 1. The molecule has 0 atom stereocenters. The van der Waals surface area contributed by atoms with Crippen LogP contribution < -0.4 is 5.32 Å². The van der Waals surface area contributed by atoms with E-state index in [9.17, 15) is 13.2 Å². The molecule has 0 spiro atoms. The Morgan fingerprint density at radius 1 is 0.872 bits per heavy atom. The summed E-state index contributed by atoms with van der Waals surface area (Å²) in [4.78, 5) is 16.4. The Morgan fingerprint density at radius 3 is 2.03 bits per heavy atom. The molecule has 4 aromatic rings. The van der Waals surface area contributed by atoms with Crippen LogP contribution in [0.4, 0.5) is 10.5 Å². The van der Waals surface area contributed by atoms with Crippen molar-refractivity contribution in [1.82, 2.24) is 9.29 Å². The van der Waals surface area contributed by atoms with Crippen LogP contribution >= 0.6 is 15.9 Å². The van der Waals surface area contributed by atoms with Crippen molar-refractivity contribution in [2.75, 3.05) is 5.32 Å². The third-order valence-corrected chi connectivity index (χ3v) is 8.04. The van der Waals surface area contributed by atoms with E-state index in [2.05, 4.69) is 26.2 Å². The van der Waals surface area contributed by atoms with Crippen molar-refractivity contribution >= 4 is 37.7 Å². The van der Waals surface area contributed by atoms with E-state index in [0.29, 0.717) is 5.69 Å². The molecule has 4 rings (SSSR count). The molecule has 0 saturated heterocycles. The highest BCUT2D eigenvalue weighted by Crippen LogP contribution is 2.26. The zero-order valence-electron chi connectivity index (χ0n) is 22.0. The van der Waals surface area contributed by atoms with Gasteiger partial charge in [0.25, 0.3) is 0 Å². The van der Waals surface area contributed by atoms with Gasteiger partial charge in [-0.25, -0.2) is 13.2 Å². The number of sulfonamides is 1. The third kappa shape index (κ3) is 7.98. The number of rotatable bonds is 8. The number of nitrogens with one attached hydrogen (secondary N) is 1. The van der Waals surface area contributed by atoms with Gasteiger partial charge in [0.1, 0.15) is 5.60 Å². The first-order valence-electron chi connectivity index (χ1n) is 12.3. The fourth-order valence-corrected chi connectivity index (χ4v) is 5.53. The Morgan fingerprint density at radius 2 is 1.46 bits per heavy atom. The lowest BCUT2D eigenvalue weighted by Gasteiger charge is -2.23. The monoisotopic (exact) mass is 607 g/mol. The average molecular weight is 609 g/mol. The molecule has 39 heavy (non-hydrogen) atoms. The van der Waals surface area contributed by atoms with Gasteiger partial charge >= 0.3 is 6.09 Å². The lowest BCUT2D eigenvalue weighted by Crippen LogP contribution is -2.30. The molecule has 0 fully saturated rings. The first-order valence-corrected chi connectivity index (χ1v) is 14.6. The largest absolute Gasteiger partial charge is 0.444 e. The Bertz CT molecular complexity index is 1500. The fourth-order valence-electron chi connectivity index (χ4n) is 3.85. The molecule has 0 aliphatic heterocycles. The molecule has 0 aliphatic carbocycles. The normalized spacial score (nSPS) is 11.8. The number of benzene rings is 3. The van der Waals surface area contributed by atoms with Crippen molar-refractivity contribution in [2.45, 2.75) is 44.4 Å². The summed E-state index contributed by atoms with van der Waals surface area (Å²) in [5, 5.41) is 2.73. The minimum Gasteiger partial charge on any atom is -0.444 e. The van der Waals surface area contributed by atoms with Crippen LogP contribution in [0.1, 0.15) is 31.9 Å². The quantitative estimate of drug-likeness (QED) is 0.228. The Hall–Kier alpha value is -3.53. The smallest absolute Gasteiger partial charge is 0.412 e. The molecule has 0 radical (unpaired) electrons. The van der Waals surface area contributed by atoms with E-state index in [-0.39, 0.29) is 18.0 Å². The predicted molar refractivity (Wildman–Crippen MR) is 157 cm³/mol. The fraction of sp³-hybridized carbons (Fsp3) is 0.200. The third-order valence-electron chi connectivity index (χ3n) is 5.71. The highest BCUT2D eigenvalue weighted by atomic mass is 79.9. The number of hydrogen-bond acceptors (Lipinski definition) is 5. The number of halogens is 1. The van der Waals surface area contributed by atoms with Crippen LogP contribution in [0.3, 0.4) is 0 Å². The Kier molecular flexibility index (Phi) is 8.84. The van der Waals surface area contributed by atoms with Gasteiger partial charge in [0, 0.05) is 35.6 Å². The van der Waals surface area contributed by atoms with Crippen molar-refractivity contribution < 1.29 is 17.9 Å². The first-order chi connectivity index (χ1) is 18.5. The second-order valence-electron chi connectivity index (χ2n) is 9.99. The lowest BCUT2D eigenvalue weighted by molar-refractivity contribution is 0.0636. The molecule has 1 heterocycles. The van der Waals surface area contributed by atoms with Gasteiger partial charge in [0.15, 0.2) is 0 Å². The van der Waals surface area contributed by atoms with E-state index < -0.39 is 21.7 Å². The maximum atomic E-state index is 13.6. The standard InChI is InChI=1S/C30H30BrN3O4S/c1-30(2,3)38-29(35)33-27-14-10-25(11-15-27)24-8-6-22(7-9-24)20-34(21-23-5-4-18-32-19-23)39(36,37)28-16-12-26(31)13-17-28/h4-19H,20-21H2,1-3H3,(H,33,35). The van der Waals surface area contributed by atoms with Crippen LogP contribution in [0, 0.1) is 0 Å². The van der Waals surface area contributed by atoms with Crippen LogP contribution in [-0.2, 0) is 27.8 Å². The van der Waals surface area contributed by atoms with E-state index in [4.69, 9.17) is 4.74 Å². The number of carbonyl (C=O) groups excluding carboxylic acids is 1. The molecule has 0 saturated carbocycles. The second kappa shape index (κ2) is 12.1. The van der Waals surface area contributed by atoms with Crippen LogP contribution in [0.2, 0.25) is 0 Å². The number of carbonyl (C=O) groups is 1. The van der Waals surface area contributed by atoms with Crippen molar-refractivity contribution in [3.05, 3.63) is 113 Å². The summed E-state index contributed by atoms with van der Waals surface area (Å²) in [5.74, 6) is 0. The minimum atomic E-state index is -3.76. The van der Waals surface area contributed by atoms with Crippen molar-refractivity contribution in [3.8, 4) is 11.1 Å². The molecule has 1 aromatic heterocycles. The molecule has 9 heteroatoms. The van der Waals surface area contributed by atoms with Gasteiger partial charge in [-0.05, 0) is 85.5 Å². The van der Waals surface area contributed by atoms with Crippen LogP contribution in [0.15, 0.2) is 107 Å². The van der Waals surface area contributed by atoms with E-state index in [1.54, 1.807) is 42.7 Å². The molecular formula is C30H30BrN3O4S.